The Kier molecular flexibility index (Phi) is 10.3. The van der Waals surface area contributed by atoms with Crippen LogP contribution in [0.1, 0.15) is 11.1 Å². The Balaban J connectivity index is 0.00000363. The number of piperazine rings is 1. The van der Waals surface area contributed by atoms with Crippen LogP contribution in [0.15, 0.2) is 41.5 Å². The third kappa shape index (κ3) is 6.86. The maximum atomic E-state index is 5.53. The largest absolute Gasteiger partial charge is 0.497 e. The highest BCUT2D eigenvalue weighted by Crippen LogP contribution is 2.25. The number of methoxy groups -OCH3 is 2. The van der Waals surface area contributed by atoms with E-state index in [1.807, 2.05) is 37.5 Å². The van der Waals surface area contributed by atoms with E-state index in [1.165, 1.54) is 5.56 Å². The van der Waals surface area contributed by atoms with Crippen molar-refractivity contribution in [1.82, 2.24) is 20.1 Å². The number of likely N-dealkylation sites (N-methyl/N-ethyl adjacent to an activating group) is 1. The van der Waals surface area contributed by atoms with Crippen LogP contribution < -0.4 is 19.7 Å². The summed E-state index contributed by atoms with van der Waals surface area (Å²) in [6.45, 7) is 5.49. The van der Waals surface area contributed by atoms with Crippen LogP contribution in [-0.2, 0) is 13.1 Å². The lowest BCUT2D eigenvalue weighted by molar-refractivity contribution is 0.312. The molecule has 2 aromatic rings. The van der Waals surface area contributed by atoms with Gasteiger partial charge in [0.15, 0.2) is 5.96 Å². The number of anilines is 1. The molecule has 1 fully saturated rings. The van der Waals surface area contributed by atoms with Gasteiger partial charge >= 0.3 is 0 Å². The van der Waals surface area contributed by atoms with E-state index in [2.05, 4.69) is 43.1 Å². The van der Waals surface area contributed by atoms with Gasteiger partial charge in [0.2, 0.25) is 0 Å². The molecule has 1 aromatic carbocycles. The van der Waals surface area contributed by atoms with Gasteiger partial charge in [0, 0.05) is 71.2 Å². The standard InChI is InChI=1S/C23H34N6O2.HI/c1-24-23(28(3)17-19-6-7-20(30-4)15-21(19)31-5)26-16-18-8-9-25-22(14-18)29-12-10-27(2)11-13-29;/h6-9,14-15H,10-13,16-17H2,1-5H3,(H,24,26);1H. The minimum absolute atomic E-state index is 0. The minimum Gasteiger partial charge on any atom is -0.497 e. The average Bonchev–Trinajstić information content (AvgIpc) is 2.80. The first kappa shape index (κ1) is 26.0. The summed E-state index contributed by atoms with van der Waals surface area (Å²) < 4.78 is 10.8. The topological polar surface area (TPSA) is 65.5 Å². The molecule has 9 heteroatoms. The normalized spacial score (nSPS) is 14.5. The molecular formula is C23H35IN6O2. The molecule has 0 aliphatic carbocycles. The van der Waals surface area contributed by atoms with Crippen LogP contribution in [0.3, 0.4) is 0 Å². The van der Waals surface area contributed by atoms with Crippen molar-refractivity contribution in [1.29, 1.82) is 0 Å². The minimum atomic E-state index is 0. The SMILES string of the molecule is CN=C(NCc1ccnc(N2CCN(C)CC2)c1)N(C)Cc1ccc(OC)cc1OC.I. The molecule has 0 radical (unpaired) electrons. The van der Waals surface area contributed by atoms with E-state index in [-0.39, 0.29) is 24.0 Å². The molecule has 3 rings (SSSR count). The zero-order valence-electron chi connectivity index (χ0n) is 19.7. The highest BCUT2D eigenvalue weighted by Gasteiger charge is 2.16. The summed E-state index contributed by atoms with van der Waals surface area (Å²) in [7, 11) is 9.30. The molecule has 1 aromatic heterocycles. The first-order valence-electron chi connectivity index (χ1n) is 10.5. The summed E-state index contributed by atoms with van der Waals surface area (Å²) >= 11 is 0. The van der Waals surface area contributed by atoms with Gasteiger partial charge in [-0.2, -0.15) is 0 Å². The molecule has 1 N–H and O–H groups in total. The molecule has 0 spiro atoms. The second-order valence-corrected chi connectivity index (χ2v) is 7.75. The highest BCUT2D eigenvalue weighted by atomic mass is 127. The third-order valence-electron chi connectivity index (χ3n) is 5.56. The van der Waals surface area contributed by atoms with E-state index in [0.717, 1.165) is 55.0 Å². The molecule has 1 aliphatic heterocycles. The van der Waals surface area contributed by atoms with E-state index in [4.69, 9.17) is 9.47 Å². The molecule has 1 saturated heterocycles. The number of aliphatic imine (C=N–C) groups is 1. The van der Waals surface area contributed by atoms with Gasteiger partial charge in [0.05, 0.1) is 14.2 Å². The molecule has 0 saturated carbocycles. The van der Waals surface area contributed by atoms with E-state index in [9.17, 15) is 0 Å². The van der Waals surface area contributed by atoms with Gasteiger partial charge < -0.3 is 29.5 Å². The second kappa shape index (κ2) is 12.7. The number of halogens is 1. The van der Waals surface area contributed by atoms with Gasteiger partial charge in [-0.1, -0.05) is 0 Å². The van der Waals surface area contributed by atoms with Crippen molar-refractivity contribution in [2.24, 2.45) is 4.99 Å². The Hall–Kier alpha value is -2.27. The van der Waals surface area contributed by atoms with Crippen molar-refractivity contribution in [3.63, 3.8) is 0 Å². The smallest absolute Gasteiger partial charge is 0.193 e. The Labute approximate surface area is 208 Å². The fraction of sp³-hybridized carbons (Fsp3) is 0.478. The fourth-order valence-corrected chi connectivity index (χ4v) is 3.66. The number of ether oxygens (including phenoxy) is 2. The van der Waals surface area contributed by atoms with Crippen LogP contribution in [-0.4, -0.2) is 82.3 Å². The van der Waals surface area contributed by atoms with Gasteiger partial charge in [-0.15, -0.1) is 24.0 Å². The predicted octanol–water partition coefficient (Wildman–Crippen LogP) is 2.68. The summed E-state index contributed by atoms with van der Waals surface area (Å²) in [4.78, 5) is 15.8. The molecule has 0 bridgehead atoms. The molecule has 32 heavy (non-hydrogen) atoms. The summed E-state index contributed by atoms with van der Waals surface area (Å²) in [6, 6.07) is 10.1. The average molecular weight is 554 g/mol. The lowest BCUT2D eigenvalue weighted by Gasteiger charge is -2.33. The molecule has 8 nitrogen and oxygen atoms in total. The molecule has 0 atom stereocenters. The number of aromatic nitrogens is 1. The van der Waals surface area contributed by atoms with Gasteiger partial charge in [-0.25, -0.2) is 4.98 Å². The molecule has 0 amide bonds. The number of nitrogens with one attached hydrogen (secondary N) is 1. The first-order valence-corrected chi connectivity index (χ1v) is 10.5. The molecule has 176 valence electrons. The van der Waals surface area contributed by atoms with Crippen molar-refractivity contribution in [2.75, 3.05) is 66.4 Å². The van der Waals surface area contributed by atoms with Gasteiger partial charge in [-0.05, 0) is 36.9 Å². The maximum Gasteiger partial charge on any atom is 0.193 e. The Morgan fingerprint density at radius 3 is 2.53 bits per heavy atom. The van der Waals surface area contributed by atoms with Gasteiger partial charge in [-0.3, -0.25) is 4.99 Å². The van der Waals surface area contributed by atoms with Crippen molar-refractivity contribution in [2.45, 2.75) is 13.1 Å². The zero-order chi connectivity index (χ0) is 22.2. The maximum absolute atomic E-state index is 5.53. The van der Waals surface area contributed by atoms with Crippen LogP contribution in [0.2, 0.25) is 0 Å². The predicted molar refractivity (Wildman–Crippen MR) is 141 cm³/mol. The monoisotopic (exact) mass is 554 g/mol. The number of guanidine groups is 1. The Morgan fingerprint density at radius 2 is 1.88 bits per heavy atom. The quantitative estimate of drug-likeness (QED) is 0.321. The van der Waals surface area contributed by atoms with Gasteiger partial charge in [0.25, 0.3) is 0 Å². The summed E-state index contributed by atoms with van der Waals surface area (Å²) in [5, 5.41) is 3.46. The number of pyridine rings is 1. The number of hydrogen-bond donors (Lipinski definition) is 1. The number of rotatable bonds is 7. The number of hydrogen-bond acceptors (Lipinski definition) is 6. The Morgan fingerprint density at radius 1 is 1.12 bits per heavy atom. The molecule has 0 unspecified atom stereocenters. The lowest BCUT2D eigenvalue weighted by Crippen LogP contribution is -2.44. The van der Waals surface area contributed by atoms with E-state index >= 15 is 0 Å². The van der Waals surface area contributed by atoms with Crippen molar-refractivity contribution < 1.29 is 9.47 Å². The highest BCUT2D eigenvalue weighted by molar-refractivity contribution is 14.0. The molecule has 1 aliphatic rings. The van der Waals surface area contributed by atoms with Crippen molar-refractivity contribution >= 4 is 35.8 Å². The van der Waals surface area contributed by atoms with Crippen LogP contribution in [0.4, 0.5) is 5.82 Å². The van der Waals surface area contributed by atoms with Crippen LogP contribution in [0.5, 0.6) is 11.5 Å². The van der Waals surface area contributed by atoms with Crippen molar-refractivity contribution in [3.8, 4) is 11.5 Å². The summed E-state index contributed by atoms with van der Waals surface area (Å²) in [5.74, 6) is 3.43. The van der Waals surface area contributed by atoms with Crippen LogP contribution in [0, 0.1) is 0 Å². The second-order valence-electron chi connectivity index (χ2n) is 7.75. The number of nitrogens with zero attached hydrogens (tertiary/aromatic N) is 5. The van der Waals surface area contributed by atoms with Crippen LogP contribution >= 0.6 is 24.0 Å². The number of benzene rings is 1. The van der Waals surface area contributed by atoms with Crippen LogP contribution in [0.25, 0.3) is 0 Å². The van der Waals surface area contributed by atoms with Crippen molar-refractivity contribution in [3.05, 3.63) is 47.7 Å². The zero-order valence-corrected chi connectivity index (χ0v) is 22.0. The van der Waals surface area contributed by atoms with E-state index in [1.54, 1.807) is 21.3 Å². The third-order valence-corrected chi connectivity index (χ3v) is 5.56. The lowest BCUT2D eigenvalue weighted by atomic mass is 10.2. The summed E-state index contributed by atoms with van der Waals surface area (Å²) in [6.07, 6.45) is 1.89. The first-order chi connectivity index (χ1) is 15.0. The fourth-order valence-electron chi connectivity index (χ4n) is 3.66. The molecular weight excluding hydrogens is 519 g/mol. The Bertz CT molecular complexity index is 887. The molecule has 2 heterocycles. The van der Waals surface area contributed by atoms with Gasteiger partial charge in [0.1, 0.15) is 17.3 Å². The van der Waals surface area contributed by atoms with E-state index in [0.29, 0.717) is 13.1 Å². The summed E-state index contributed by atoms with van der Waals surface area (Å²) in [5.41, 5.74) is 2.25. The van der Waals surface area contributed by atoms with E-state index < -0.39 is 0 Å².